The fourth-order valence-electron chi connectivity index (χ4n) is 5.78. The van der Waals surface area contributed by atoms with E-state index >= 15 is 0 Å². The summed E-state index contributed by atoms with van der Waals surface area (Å²) in [4.78, 5) is 11.3. The van der Waals surface area contributed by atoms with Crippen molar-refractivity contribution in [3.63, 3.8) is 0 Å². The van der Waals surface area contributed by atoms with Gasteiger partial charge in [0.05, 0.1) is 5.60 Å². The van der Waals surface area contributed by atoms with E-state index < -0.39 is 23.1 Å². The summed E-state index contributed by atoms with van der Waals surface area (Å²) in [6, 6.07) is 15.5. The molecule has 0 spiro atoms. The molecule has 3 atom stereocenters. The Morgan fingerprint density at radius 2 is 1.88 bits per heavy atom. The molecule has 2 aliphatic carbocycles. The third kappa shape index (κ3) is 3.58. The Bertz CT molecular complexity index is 1280. The van der Waals surface area contributed by atoms with Crippen molar-refractivity contribution in [1.82, 2.24) is 4.57 Å². The Balaban J connectivity index is 1.42. The van der Waals surface area contributed by atoms with Crippen LogP contribution in [0.15, 0.2) is 66.4 Å². The lowest BCUT2D eigenvalue weighted by atomic mass is 9.65. The predicted molar refractivity (Wildman–Crippen MR) is 127 cm³/mol. The number of fused-ring (bicyclic) bond motifs is 2. The van der Waals surface area contributed by atoms with Crippen LogP contribution in [0.3, 0.4) is 0 Å². The van der Waals surface area contributed by atoms with Crippen LogP contribution in [0.25, 0.3) is 11.8 Å². The lowest BCUT2D eigenvalue weighted by Gasteiger charge is -2.43. The average molecular weight is 462 g/mol. The van der Waals surface area contributed by atoms with Crippen LogP contribution in [0, 0.1) is 11.2 Å². The number of benzene rings is 2. The highest BCUT2D eigenvalue weighted by Crippen LogP contribution is 2.57. The first-order chi connectivity index (χ1) is 16.2. The molecule has 1 heterocycles. The number of hydrogen-bond acceptors (Lipinski definition) is 3. The van der Waals surface area contributed by atoms with Crippen molar-refractivity contribution in [1.29, 1.82) is 0 Å². The molecule has 3 N–H and O–H groups in total. The van der Waals surface area contributed by atoms with Gasteiger partial charge >= 0.3 is 5.97 Å². The first-order valence-electron chi connectivity index (χ1n) is 11.6. The van der Waals surface area contributed by atoms with E-state index in [0.717, 1.165) is 28.9 Å². The van der Waals surface area contributed by atoms with Gasteiger partial charge in [-0.1, -0.05) is 36.8 Å². The number of hydrogen-bond donors (Lipinski definition) is 3. The van der Waals surface area contributed by atoms with E-state index in [1.165, 1.54) is 17.7 Å². The first kappa shape index (κ1) is 22.6. The molecular weight excluding hydrogens is 433 g/mol. The fourth-order valence-corrected chi connectivity index (χ4v) is 5.78. The molecule has 3 aromatic rings. The Kier molecular flexibility index (Phi) is 5.46. The summed E-state index contributed by atoms with van der Waals surface area (Å²) >= 11 is 0. The van der Waals surface area contributed by atoms with E-state index in [0.29, 0.717) is 31.2 Å². The van der Waals surface area contributed by atoms with Crippen LogP contribution in [-0.4, -0.2) is 31.5 Å². The number of aromatic nitrogens is 1. The second kappa shape index (κ2) is 8.22. The first-order valence-corrected chi connectivity index (χ1v) is 11.6. The second-order valence-corrected chi connectivity index (χ2v) is 9.72. The number of aliphatic carboxylic acids is 1. The monoisotopic (exact) mass is 461 g/mol. The SMILES string of the molecule is CC12Cc3ccn(-c4ccc(F)cc4)c3C=C1CCC2(O)CCc1ccccc1C(O)C(=O)O. The van der Waals surface area contributed by atoms with E-state index in [-0.39, 0.29) is 5.82 Å². The maximum Gasteiger partial charge on any atom is 0.337 e. The van der Waals surface area contributed by atoms with Gasteiger partial charge in [-0.15, -0.1) is 0 Å². The van der Waals surface area contributed by atoms with Gasteiger partial charge in [0.15, 0.2) is 6.10 Å². The summed E-state index contributed by atoms with van der Waals surface area (Å²) in [5.74, 6) is -1.55. The quantitative estimate of drug-likeness (QED) is 0.491. The number of halogens is 1. The molecule has 0 radical (unpaired) electrons. The predicted octanol–water partition coefficient (Wildman–Crippen LogP) is 4.84. The molecule has 0 bridgehead atoms. The van der Waals surface area contributed by atoms with Crippen molar-refractivity contribution in [2.24, 2.45) is 5.41 Å². The highest BCUT2D eigenvalue weighted by atomic mass is 19.1. The molecule has 176 valence electrons. The Morgan fingerprint density at radius 1 is 1.15 bits per heavy atom. The molecule has 0 aliphatic heterocycles. The van der Waals surface area contributed by atoms with Gasteiger partial charge in [0, 0.05) is 23.0 Å². The zero-order chi connectivity index (χ0) is 24.1. The van der Waals surface area contributed by atoms with Crippen molar-refractivity contribution >= 4 is 12.0 Å². The van der Waals surface area contributed by atoms with Crippen LogP contribution in [0.1, 0.15) is 54.7 Å². The van der Waals surface area contributed by atoms with Crippen LogP contribution in [0.5, 0.6) is 0 Å². The summed E-state index contributed by atoms with van der Waals surface area (Å²) < 4.78 is 15.4. The smallest absolute Gasteiger partial charge is 0.337 e. The maximum atomic E-state index is 13.4. The molecule has 1 saturated carbocycles. The van der Waals surface area contributed by atoms with Crippen molar-refractivity contribution < 1.29 is 24.5 Å². The minimum Gasteiger partial charge on any atom is -0.479 e. The summed E-state index contributed by atoms with van der Waals surface area (Å²) in [6.45, 7) is 2.11. The van der Waals surface area contributed by atoms with Gasteiger partial charge in [-0.25, -0.2) is 9.18 Å². The fraction of sp³-hybridized carbons (Fsp3) is 0.321. The molecule has 1 fully saturated rings. The highest BCUT2D eigenvalue weighted by molar-refractivity contribution is 5.74. The lowest BCUT2D eigenvalue weighted by Crippen LogP contribution is -2.45. The topological polar surface area (TPSA) is 82.7 Å². The lowest BCUT2D eigenvalue weighted by molar-refractivity contribution is -0.147. The van der Waals surface area contributed by atoms with Gasteiger partial charge in [-0.2, -0.15) is 0 Å². The molecular formula is C28H28FNO4. The van der Waals surface area contributed by atoms with Gasteiger partial charge in [0.2, 0.25) is 0 Å². The summed E-state index contributed by atoms with van der Waals surface area (Å²) in [5.41, 5.74) is 4.03. The standard InChI is InChI=1S/C28H28FNO4/c1-27-17-19-12-15-30(22-8-6-21(29)7-9-22)24(19)16-20(27)11-14-28(27,34)13-10-18-4-2-3-5-23(18)25(31)26(32)33/h2-9,12,15-16,25,31,34H,10-11,13-14,17H2,1H3,(H,32,33). The molecule has 5 nitrogen and oxygen atoms in total. The van der Waals surface area contributed by atoms with E-state index in [1.807, 2.05) is 18.3 Å². The summed E-state index contributed by atoms with van der Waals surface area (Å²) in [7, 11) is 0. The van der Waals surface area contributed by atoms with Gasteiger partial charge in [-0.3, -0.25) is 0 Å². The van der Waals surface area contributed by atoms with Crippen LogP contribution in [0.4, 0.5) is 4.39 Å². The summed E-state index contributed by atoms with van der Waals surface area (Å²) in [6.07, 6.45) is 5.62. The van der Waals surface area contributed by atoms with Crippen molar-refractivity contribution in [2.75, 3.05) is 0 Å². The Hall–Kier alpha value is -3.22. The maximum absolute atomic E-state index is 13.4. The molecule has 3 unspecified atom stereocenters. The molecule has 6 heteroatoms. The number of carbonyl (C=O) groups is 1. The van der Waals surface area contributed by atoms with E-state index in [1.54, 1.807) is 24.3 Å². The van der Waals surface area contributed by atoms with Crippen LogP contribution in [-0.2, 0) is 17.6 Å². The molecule has 0 amide bonds. The van der Waals surface area contributed by atoms with Crippen molar-refractivity contribution in [3.05, 3.63) is 94.6 Å². The minimum atomic E-state index is -1.58. The van der Waals surface area contributed by atoms with Crippen LogP contribution < -0.4 is 0 Å². The average Bonchev–Trinajstić information content (AvgIpc) is 3.34. The number of carboxylic acid groups (broad SMARTS) is 1. The normalized spacial score (nSPS) is 24.3. The van der Waals surface area contributed by atoms with Crippen LogP contribution in [0.2, 0.25) is 0 Å². The molecule has 2 aliphatic rings. The van der Waals surface area contributed by atoms with Crippen LogP contribution >= 0.6 is 0 Å². The largest absolute Gasteiger partial charge is 0.479 e. The van der Waals surface area contributed by atoms with Gasteiger partial charge in [-0.05, 0) is 85.2 Å². The molecule has 1 aromatic heterocycles. The third-order valence-electron chi connectivity index (χ3n) is 7.91. The number of aliphatic hydroxyl groups excluding tert-OH is 1. The molecule has 2 aromatic carbocycles. The molecule has 34 heavy (non-hydrogen) atoms. The van der Waals surface area contributed by atoms with Gasteiger partial charge in [0.1, 0.15) is 5.82 Å². The van der Waals surface area contributed by atoms with Gasteiger partial charge < -0.3 is 19.9 Å². The zero-order valence-corrected chi connectivity index (χ0v) is 19.0. The van der Waals surface area contributed by atoms with E-state index in [4.69, 9.17) is 0 Å². The van der Waals surface area contributed by atoms with E-state index in [9.17, 15) is 24.5 Å². The number of aryl methyl sites for hydroxylation is 1. The second-order valence-electron chi connectivity index (χ2n) is 9.72. The Labute approximate surface area is 197 Å². The van der Waals surface area contributed by atoms with Crippen molar-refractivity contribution in [3.8, 4) is 5.69 Å². The van der Waals surface area contributed by atoms with E-state index in [2.05, 4.69) is 23.6 Å². The highest BCUT2D eigenvalue weighted by Gasteiger charge is 2.54. The number of carboxylic acids is 1. The molecule has 5 rings (SSSR count). The summed E-state index contributed by atoms with van der Waals surface area (Å²) in [5, 5.41) is 31.2. The number of nitrogens with zero attached hydrogens (tertiary/aromatic N) is 1. The Morgan fingerprint density at radius 3 is 2.62 bits per heavy atom. The minimum absolute atomic E-state index is 0.269. The number of rotatable bonds is 6. The van der Waals surface area contributed by atoms with Crippen molar-refractivity contribution in [2.45, 2.75) is 50.7 Å². The number of aliphatic hydroxyl groups is 2. The third-order valence-corrected chi connectivity index (χ3v) is 7.91. The molecule has 0 saturated heterocycles. The zero-order valence-electron chi connectivity index (χ0n) is 19.0. The van der Waals surface area contributed by atoms with Gasteiger partial charge in [0.25, 0.3) is 0 Å².